The van der Waals surface area contributed by atoms with Gasteiger partial charge >= 0.3 is 6.61 Å². The van der Waals surface area contributed by atoms with Gasteiger partial charge in [-0.2, -0.15) is 8.78 Å². The molecule has 4 nitrogen and oxygen atoms in total. The van der Waals surface area contributed by atoms with E-state index in [0.717, 1.165) is 31.5 Å². The number of nitrogens with one attached hydrogen (secondary N) is 1. The molecule has 0 radical (unpaired) electrons. The predicted octanol–water partition coefficient (Wildman–Crippen LogP) is 3.01. The fraction of sp³-hybridized carbons (Fsp3) is 0.611. The van der Waals surface area contributed by atoms with Gasteiger partial charge in [0, 0.05) is 32.1 Å². The summed E-state index contributed by atoms with van der Waals surface area (Å²) < 4.78 is 29.4. The van der Waals surface area contributed by atoms with Crippen LogP contribution in [0.15, 0.2) is 12.1 Å². The van der Waals surface area contributed by atoms with E-state index in [1.54, 1.807) is 13.8 Å². The molecule has 1 amide bonds. The molecule has 132 valence electrons. The minimum Gasteiger partial charge on any atom is -0.434 e. The van der Waals surface area contributed by atoms with Gasteiger partial charge in [-0.3, -0.25) is 4.79 Å². The largest absolute Gasteiger partial charge is 0.434 e. The Kier molecular flexibility index (Phi) is 5.04. The molecular formula is C18H24F2N2O2. The number of rotatable bonds is 7. The van der Waals surface area contributed by atoms with Crippen LogP contribution in [0.5, 0.6) is 5.75 Å². The van der Waals surface area contributed by atoms with Crippen molar-refractivity contribution in [1.29, 1.82) is 0 Å². The molecule has 0 spiro atoms. The van der Waals surface area contributed by atoms with Crippen LogP contribution in [0.4, 0.5) is 8.78 Å². The van der Waals surface area contributed by atoms with E-state index < -0.39 is 6.61 Å². The third-order valence-electron chi connectivity index (χ3n) is 4.72. The van der Waals surface area contributed by atoms with Crippen LogP contribution >= 0.6 is 0 Å². The fourth-order valence-electron chi connectivity index (χ4n) is 3.52. The Morgan fingerprint density at radius 3 is 2.54 bits per heavy atom. The second-order valence-corrected chi connectivity index (χ2v) is 6.92. The van der Waals surface area contributed by atoms with Crippen LogP contribution in [-0.4, -0.2) is 36.5 Å². The first-order valence-corrected chi connectivity index (χ1v) is 8.49. The molecule has 6 heteroatoms. The molecule has 1 heterocycles. The molecule has 1 aromatic rings. The van der Waals surface area contributed by atoms with Gasteiger partial charge in [0.2, 0.25) is 5.91 Å². The fourth-order valence-corrected chi connectivity index (χ4v) is 3.52. The van der Waals surface area contributed by atoms with E-state index in [-0.39, 0.29) is 11.7 Å². The molecule has 1 N–H and O–H groups in total. The Bertz CT molecular complexity index is 594. The number of carbonyl (C=O) groups is 1. The molecule has 1 aromatic carbocycles. The summed E-state index contributed by atoms with van der Waals surface area (Å²) in [5, 5.41) is 3.39. The molecule has 3 rings (SSSR count). The highest BCUT2D eigenvalue weighted by Gasteiger charge is 2.38. The quantitative estimate of drug-likeness (QED) is 0.831. The van der Waals surface area contributed by atoms with E-state index in [1.165, 1.54) is 0 Å². The van der Waals surface area contributed by atoms with Crippen molar-refractivity contribution in [1.82, 2.24) is 10.2 Å². The second-order valence-electron chi connectivity index (χ2n) is 6.92. The number of hydrogen-bond donors (Lipinski definition) is 1. The topological polar surface area (TPSA) is 41.6 Å². The average molecular weight is 338 g/mol. The van der Waals surface area contributed by atoms with E-state index in [1.807, 2.05) is 17.0 Å². The maximum Gasteiger partial charge on any atom is 0.387 e. The molecule has 0 bridgehead atoms. The van der Waals surface area contributed by atoms with Gasteiger partial charge in [0.15, 0.2) is 0 Å². The molecule has 0 aromatic heterocycles. The number of likely N-dealkylation sites (tertiary alicyclic amines) is 1. The van der Waals surface area contributed by atoms with Gasteiger partial charge < -0.3 is 15.0 Å². The van der Waals surface area contributed by atoms with Crippen molar-refractivity contribution in [3.8, 4) is 5.75 Å². The Balaban J connectivity index is 1.51. The third-order valence-corrected chi connectivity index (χ3v) is 4.72. The van der Waals surface area contributed by atoms with Crippen molar-refractivity contribution >= 4 is 5.91 Å². The minimum absolute atomic E-state index is 0.259. The first-order valence-electron chi connectivity index (χ1n) is 8.49. The summed E-state index contributed by atoms with van der Waals surface area (Å²) in [6, 6.07) is 4.23. The molecule has 1 saturated carbocycles. The number of aryl methyl sites for hydroxylation is 2. The standard InChI is InChI=1S/C18H24F2N2O2/c1-11-5-13(6-12(2)17(11)24-18(19)20)8-21-9-14-7-16(23)22(10-14)15-3-4-15/h5-6,14-15,18,21H,3-4,7-10H2,1-2H3. The molecule has 2 aliphatic rings. The minimum atomic E-state index is -2.80. The number of halogens is 2. The van der Waals surface area contributed by atoms with Crippen molar-refractivity contribution < 1.29 is 18.3 Å². The zero-order valence-electron chi connectivity index (χ0n) is 14.1. The normalized spacial score (nSPS) is 21.0. The summed E-state index contributed by atoms with van der Waals surface area (Å²) in [5.41, 5.74) is 2.46. The Morgan fingerprint density at radius 1 is 1.29 bits per heavy atom. The van der Waals surface area contributed by atoms with E-state index in [0.29, 0.717) is 36.1 Å². The van der Waals surface area contributed by atoms with Crippen LogP contribution in [0.1, 0.15) is 36.0 Å². The summed E-state index contributed by atoms with van der Waals surface area (Å²) in [6.07, 6.45) is 2.93. The van der Waals surface area contributed by atoms with E-state index in [4.69, 9.17) is 0 Å². The van der Waals surface area contributed by atoms with Gasteiger partial charge in [-0.1, -0.05) is 12.1 Å². The van der Waals surface area contributed by atoms with Crippen LogP contribution in [0.2, 0.25) is 0 Å². The van der Waals surface area contributed by atoms with Gasteiger partial charge in [0.1, 0.15) is 5.75 Å². The summed E-state index contributed by atoms with van der Waals surface area (Å²) in [4.78, 5) is 14.0. The van der Waals surface area contributed by atoms with Gasteiger partial charge in [0.25, 0.3) is 0 Å². The van der Waals surface area contributed by atoms with Crippen LogP contribution in [0.25, 0.3) is 0 Å². The summed E-state index contributed by atoms with van der Waals surface area (Å²) in [5.74, 6) is 0.904. The molecule has 24 heavy (non-hydrogen) atoms. The maximum atomic E-state index is 12.4. The smallest absolute Gasteiger partial charge is 0.387 e. The number of amides is 1. The lowest BCUT2D eigenvalue weighted by molar-refractivity contribution is -0.128. The SMILES string of the molecule is Cc1cc(CNCC2CC(=O)N(C3CC3)C2)cc(C)c1OC(F)F. The van der Waals surface area contributed by atoms with Gasteiger partial charge in [0.05, 0.1) is 0 Å². The number of alkyl halides is 2. The highest BCUT2D eigenvalue weighted by molar-refractivity contribution is 5.79. The Hall–Kier alpha value is -1.69. The summed E-state index contributed by atoms with van der Waals surface area (Å²) in [7, 11) is 0. The first kappa shape index (κ1) is 17.1. The van der Waals surface area contributed by atoms with E-state index in [9.17, 15) is 13.6 Å². The molecule has 1 aliphatic carbocycles. The highest BCUT2D eigenvalue weighted by Crippen LogP contribution is 2.32. The average Bonchev–Trinajstić information content (AvgIpc) is 3.27. The maximum absolute atomic E-state index is 12.4. The Labute approximate surface area is 141 Å². The number of benzene rings is 1. The molecule has 1 aliphatic heterocycles. The third kappa shape index (κ3) is 4.04. The molecule has 1 unspecified atom stereocenters. The molecule has 2 fully saturated rings. The van der Waals surface area contributed by atoms with Gasteiger partial charge in [-0.05, 0) is 49.3 Å². The van der Waals surface area contributed by atoms with Gasteiger partial charge in [-0.15, -0.1) is 0 Å². The van der Waals surface area contributed by atoms with Crippen LogP contribution in [-0.2, 0) is 11.3 Å². The predicted molar refractivity (Wildman–Crippen MR) is 87.1 cm³/mol. The zero-order valence-corrected chi connectivity index (χ0v) is 14.1. The van der Waals surface area contributed by atoms with Crippen molar-refractivity contribution in [3.05, 3.63) is 28.8 Å². The number of nitrogens with zero attached hydrogens (tertiary/aromatic N) is 1. The lowest BCUT2D eigenvalue weighted by Gasteiger charge is -2.16. The van der Waals surface area contributed by atoms with Crippen LogP contribution in [0, 0.1) is 19.8 Å². The lowest BCUT2D eigenvalue weighted by atomic mass is 10.0. The summed E-state index contributed by atoms with van der Waals surface area (Å²) >= 11 is 0. The lowest BCUT2D eigenvalue weighted by Crippen LogP contribution is -2.29. The monoisotopic (exact) mass is 338 g/mol. The van der Waals surface area contributed by atoms with Crippen molar-refractivity contribution in [2.75, 3.05) is 13.1 Å². The second kappa shape index (κ2) is 7.05. The number of ether oxygens (including phenoxy) is 1. The van der Waals surface area contributed by atoms with Gasteiger partial charge in [-0.25, -0.2) is 0 Å². The zero-order chi connectivity index (χ0) is 17.3. The molecule has 1 atom stereocenters. The van der Waals surface area contributed by atoms with Crippen molar-refractivity contribution in [2.45, 2.75) is 52.3 Å². The number of hydrogen-bond acceptors (Lipinski definition) is 3. The highest BCUT2D eigenvalue weighted by atomic mass is 19.3. The number of carbonyl (C=O) groups excluding carboxylic acids is 1. The Morgan fingerprint density at radius 2 is 1.96 bits per heavy atom. The van der Waals surface area contributed by atoms with Crippen LogP contribution in [0.3, 0.4) is 0 Å². The van der Waals surface area contributed by atoms with E-state index >= 15 is 0 Å². The summed E-state index contributed by atoms with van der Waals surface area (Å²) in [6.45, 7) is 3.05. The van der Waals surface area contributed by atoms with Crippen molar-refractivity contribution in [3.63, 3.8) is 0 Å². The first-order chi connectivity index (χ1) is 11.4. The molecular weight excluding hydrogens is 314 g/mol. The molecule has 1 saturated heterocycles. The van der Waals surface area contributed by atoms with Crippen molar-refractivity contribution in [2.24, 2.45) is 5.92 Å². The van der Waals surface area contributed by atoms with Crippen LogP contribution < -0.4 is 10.1 Å². The van der Waals surface area contributed by atoms with E-state index in [2.05, 4.69) is 10.1 Å².